The minimum Gasteiger partial charge on any atom is -0.466 e. The van der Waals surface area contributed by atoms with E-state index in [0.29, 0.717) is 12.0 Å². The van der Waals surface area contributed by atoms with Crippen LogP contribution in [0.25, 0.3) is 10.4 Å². The van der Waals surface area contributed by atoms with Gasteiger partial charge in [-0.15, -0.1) is 0 Å². The van der Waals surface area contributed by atoms with E-state index >= 15 is 0 Å². The van der Waals surface area contributed by atoms with Gasteiger partial charge in [0.2, 0.25) is 0 Å². The van der Waals surface area contributed by atoms with Gasteiger partial charge >= 0.3 is 5.97 Å². The summed E-state index contributed by atoms with van der Waals surface area (Å²) in [7, 11) is 1.38. The van der Waals surface area contributed by atoms with Crippen LogP contribution in [0.2, 0.25) is 0 Å². The second-order valence-electron chi connectivity index (χ2n) is 8.36. The molecule has 1 saturated heterocycles. The number of azide groups is 1. The Kier molecular flexibility index (Phi) is 5.47. The predicted octanol–water partition coefficient (Wildman–Crippen LogP) is 5.21. The minimum atomic E-state index is -0.621. The topological polar surface area (TPSA) is 78.1 Å². The van der Waals surface area contributed by atoms with Crippen LogP contribution < -0.4 is 0 Å². The number of fused-ring (bicyclic) bond motifs is 1. The molecule has 0 N–H and O–H groups in total. The molecule has 0 radical (unpaired) electrons. The van der Waals surface area contributed by atoms with Crippen molar-refractivity contribution in [2.24, 2.45) is 5.11 Å². The number of nitrogens with zero attached hydrogens (tertiary/aromatic N) is 4. The second-order valence-corrected chi connectivity index (χ2v) is 8.36. The SMILES string of the molecule is COC(=O)C1=C[C@H]2C([C@@H](N=[N+]=[N-])C1)N2C(c1ccccc1)(c1ccccc1)c1ccccc1. The summed E-state index contributed by atoms with van der Waals surface area (Å²) < 4.78 is 5.00. The highest BCUT2D eigenvalue weighted by molar-refractivity contribution is 5.89. The number of benzene rings is 3. The highest BCUT2D eigenvalue weighted by Gasteiger charge is 2.63. The Labute approximate surface area is 192 Å². The van der Waals surface area contributed by atoms with Gasteiger partial charge in [-0.25, -0.2) is 4.79 Å². The fourth-order valence-electron chi connectivity index (χ4n) is 5.37. The van der Waals surface area contributed by atoms with Gasteiger partial charge in [0.25, 0.3) is 0 Å². The largest absolute Gasteiger partial charge is 0.466 e. The van der Waals surface area contributed by atoms with Crippen molar-refractivity contribution in [2.45, 2.75) is 30.1 Å². The smallest absolute Gasteiger partial charge is 0.333 e. The molecule has 1 fully saturated rings. The average molecular weight is 437 g/mol. The van der Waals surface area contributed by atoms with Crippen LogP contribution in [0.3, 0.4) is 0 Å². The number of hydrogen-bond acceptors (Lipinski definition) is 4. The highest BCUT2D eigenvalue weighted by atomic mass is 16.5. The van der Waals surface area contributed by atoms with E-state index in [4.69, 9.17) is 4.74 Å². The molecule has 4 atom stereocenters. The minimum absolute atomic E-state index is 0.0325. The van der Waals surface area contributed by atoms with Gasteiger partial charge in [0.15, 0.2) is 0 Å². The Morgan fingerprint density at radius 1 is 0.939 bits per heavy atom. The standard InChI is InChI=1S/C27H24N4O2/c1-33-26(32)19-17-23(29-30-28)25-24(18-19)31(25)27(20-11-5-2-6-12-20,21-13-7-3-8-14-21)22-15-9-4-10-16-22/h2-16,18,23-25H,17H2,1H3/t23-,24-,25?,31?/m0/s1. The molecule has 164 valence electrons. The Balaban J connectivity index is 1.77. The quantitative estimate of drug-likeness (QED) is 0.133. The van der Waals surface area contributed by atoms with Gasteiger partial charge in [0, 0.05) is 22.6 Å². The molecule has 3 aromatic carbocycles. The van der Waals surface area contributed by atoms with Crippen molar-refractivity contribution in [1.82, 2.24) is 4.90 Å². The summed E-state index contributed by atoms with van der Waals surface area (Å²) in [6.07, 6.45) is 2.35. The lowest BCUT2D eigenvalue weighted by atomic mass is 9.76. The predicted molar refractivity (Wildman–Crippen MR) is 126 cm³/mol. The molecular weight excluding hydrogens is 412 g/mol. The van der Waals surface area contributed by atoms with Crippen molar-refractivity contribution in [3.63, 3.8) is 0 Å². The molecule has 0 aromatic heterocycles. The summed E-state index contributed by atoms with van der Waals surface area (Å²) >= 11 is 0. The summed E-state index contributed by atoms with van der Waals surface area (Å²) in [5.74, 6) is -0.372. The van der Waals surface area contributed by atoms with Crippen molar-refractivity contribution in [3.05, 3.63) is 130 Å². The fourth-order valence-corrected chi connectivity index (χ4v) is 5.37. The van der Waals surface area contributed by atoms with Crippen molar-refractivity contribution >= 4 is 5.97 Å². The van der Waals surface area contributed by atoms with Crippen LogP contribution in [-0.4, -0.2) is 36.1 Å². The first-order valence-corrected chi connectivity index (χ1v) is 11.0. The van der Waals surface area contributed by atoms with E-state index in [9.17, 15) is 10.3 Å². The number of rotatable bonds is 6. The van der Waals surface area contributed by atoms with Gasteiger partial charge in [-0.1, -0.05) is 102 Å². The summed E-state index contributed by atoms with van der Waals surface area (Å²) in [5.41, 5.74) is 12.6. The summed E-state index contributed by atoms with van der Waals surface area (Å²) in [6, 6.07) is 30.7. The van der Waals surface area contributed by atoms with Gasteiger partial charge in [0.1, 0.15) is 0 Å². The first-order valence-electron chi connectivity index (χ1n) is 11.0. The lowest BCUT2D eigenvalue weighted by Gasteiger charge is -2.39. The molecule has 6 heteroatoms. The molecule has 2 aliphatic rings. The summed E-state index contributed by atoms with van der Waals surface area (Å²) in [5, 5.41) is 4.11. The van der Waals surface area contributed by atoms with Gasteiger partial charge < -0.3 is 4.74 Å². The van der Waals surface area contributed by atoms with Gasteiger partial charge in [0.05, 0.1) is 18.7 Å². The molecule has 0 saturated carbocycles. The number of esters is 1. The molecule has 6 nitrogen and oxygen atoms in total. The van der Waals surface area contributed by atoms with Crippen LogP contribution >= 0.6 is 0 Å². The Hall–Kier alpha value is -3.86. The van der Waals surface area contributed by atoms with E-state index in [1.165, 1.54) is 7.11 Å². The van der Waals surface area contributed by atoms with Crippen molar-refractivity contribution in [1.29, 1.82) is 0 Å². The Bertz CT molecular complexity index is 1120. The highest BCUT2D eigenvalue weighted by Crippen LogP contribution is 2.55. The second kappa shape index (κ2) is 8.58. The number of ether oxygens (including phenoxy) is 1. The van der Waals surface area contributed by atoms with E-state index in [-0.39, 0.29) is 24.1 Å². The molecule has 0 bridgehead atoms. The zero-order chi connectivity index (χ0) is 22.8. The van der Waals surface area contributed by atoms with Crippen molar-refractivity contribution in [3.8, 4) is 0 Å². The summed E-state index contributed by atoms with van der Waals surface area (Å²) in [4.78, 5) is 17.9. The molecule has 33 heavy (non-hydrogen) atoms. The van der Waals surface area contributed by atoms with Crippen LogP contribution in [0.4, 0.5) is 0 Å². The monoisotopic (exact) mass is 436 g/mol. The first kappa shape index (κ1) is 21.0. The van der Waals surface area contributed by atoms with E-state index in [1.807, 2.05) is 60.7 Å². The lowest BCUT2D eigenvalue weighted by molar-refractivity contribution is -0.136. The number of hydrogen-bond donors (Lipinski definition) is 0. The molecule has 5 rings (SSSR count). The fraction of sp³-hybridized carbons (Fsp3) is 0.222. The Morgan fingerprint density at radius 3 is 1.85 bits per heavy atom. The van der Waals surface area contributed by atoms with E-state index in [1.54, 1.807) is 0 Å². The van der Waals surface area contributed by atoms with Crippen LogP contribution in [0.1, 0.15) is 23.1 Å². The van der Waals surface area contributed by atoms with Crippen molar-refractivity contribution in [2.75, 3.05) is 7.11 Å². The number of carbonyl (C=O) groups excluding carboxylic acids is 1. The summed E-state index contributed by atoms with van der Waals surface area (Å²) in [6.45, 7) is 0. The molecule has 0 amide bonds. The van der Waals surface area contributed by atoms with Crippen LogP contribution in [-0.2, 0) is 15.1 Å². The lowest BCUT2D eigenvalue weighted by Crippen LogP contribution is -2.40. The third-order valence-electron chi connectivity index (χ3n) is 6.71. The molecule has 0 spiro atoms. The zero-order valence-electron chi connectivity index (χ0n) is 18.3. The maximum Gasteiger partial charge on any atom is 0.333 e. The normalized spacial score (nSPS) is 23.5. The van der Waals surface area contributed by atoms with Gasteiger partial charge in [-0.3, -0.25) is 4.90 Å². The molecule has 3 aromatic rings. The Morgan fingerprint density at radius 2 is 1.42 bits per heavy atom. The molecule has 1 heterocycles. The average Bonchev–Trinajstić information content (AvgIpc) is 3.61. The first-order chi connectivity index (χ1) is 16.2. The van der Waals surface area contributed by atoms with Crippen LogP contribution in [0.15, 0.2) is 108 Å². The maximum atomic E-state index is 12.4. The number of methoxy groups -OCH3 is 1. The van der Waals surface area contributed by atoms with E-state index in [2.05, 4.69) is 51.3 Å². The van der Waals surface area contributed by atoms with Gasteiger partial charge in [-0.2, -0.15) is 0 Å². The van der Waals surface area contributed by atoms with Crippen molar-refractivity contribution < 1.29 is 9.53 Å². The van der Waals surface area contributed by atoms with E-state index in [0.717, 1.165) is 16.7 Å². The molecular formula is C27H24N4O2. The van der Waals surface area contributed by atoms with Crippen LogP contribution in [0, 0.1) is 0 Å². The molecule has 1 aliphatic carbocycles. The maximum absolute atomic E-state index is 12.4. The van der Waals surface area contributed by atoms with Gasteiger partial charge in [-0.05, 0) is 28.6 Å². The van der Waals surface area contributed by atoms with E-state index < -0.39 is 5.54 Å². The number of carbonyl (C=O) groups is 1. The third kappa shape index (κ3) is 3.41. The molecule has 1 aliphatic heterocycles. The third-order valence-corrected chi connectivity index (χ3v) is 6.71. The van der Waals surface area contributed by atoms with Crippen LogP contribution in [0.5, 0.6) is 0 Å². The molecule has 2 unspecified atom stereocenters. The zero-order valence-corrected chi connectivity index (χ0v) is 18.3.